The van der Waals surface area contributed by atoms with Crippen LogP contribution >= 0.6 is 0 Å². The van der Waals surface area contributed by atoms with Gasteiger partial charge >= 0.3 is 0 Å². The first-order valence-corrected chi connectivity index (χ1v) is 9.49. The maximum Gasteiger partial charge on any atom is 0.229 e. The molecular formula is C20H29FN2O4. The number of hydrogen-bond donors (Lipinski definition) is 1. The van der Waals surface area contributed by atoms with E-state index < -0.39 is 11.5 Å². The Balaban J connectivity index is 1.58. The number of carbonyl (C=O) groups excluding carboxylic acids is 1. The summed E-state index contributed by atoms with van der Waals surface area (Å²) in [4.78, 5) is 16.3. The second-order valence-corrected chi connectivity index (χ2v) is 7.52. The molecule has 27 heavy (non-hydrogen) atoms. The predicted octanol–water partition coefficient (Wildman–Crippen LogP) is 1.36. The van der Waals surface area contributed by atoms with E-state index in [9.17, 15) is 14.3 Å². The van der Waals surface area contributed by atoms with Crippen LogP contribution in [0.3, 0.4) is 0 Å². The number of rotatable bonds is 7. The van der Waals surface area contributed by atoms with Gasteiger partial charge < -0.3 is 24.4 Å². The van der Waals surface area contributed by atoms with Crippen molar-refractivity contribution in [1.29, 1.82) is 0 Å². The monoisotopic (exact) mass is 380 g/mol. The lowest BCUT2D eigenvalue weighted by molar-refractivity contribution is -0.137. The average molecular weight is 380 g/mol. The van der Waals surface area contributed by atoms with Crippen LogP contribution in [0.5, 0.6) is 0 Å². The number of aliphatic hydroxyl groups excluding tert-OH is 1. The van der Waals surface area contributed by atoms with Gasteiger partial charge in [-0.1, -0.05) is 6.07 Å². The van der Waals surface area contributed by atoms with Crippen molar-refractivity contribution in [3.63, 3.8) is 0 Å². The van der Waals surface area contributed by atoms with Crippen molar-refractivity contribution in [3.05, 3.63) is 35.1 Å². The Labute approximate surface area is 159 Å². The lowest BCUT2D eigenvalue weighted by Gasteiger charge is -2.40. The zero-order valence-electron chi connectivity index (χ0n) is 16.1. The van der Waals surface area contributed by atoms with Crippen LogP contribution in [0.2, 0.25) is 0 Å². The number of fused-ring (bicyclic) bond motifs is 2. The third-order valence-corrected chi connectivity index (χ3v) is 5.79. The Morgan fingerprint density at radius 3 is 2.85 bits per heavy atom. The molecule has 1 aromatic carbocycles. The fourth-order valence-electron chi connectivity index (χ4n) is 4.08. The summed E-state index contributed by atoms with van der Waals surface area (Å²) >= 11 is 0. The van der Waals surface area contributed by atoms with Crippen LogP contribution < -0.4 is 0 Å². The van der Waals surface area contributed by atoms with Gasteiger partial charge in [-0.05, 0) is 36.1 Å². The lowest BCUT2D eigenvalue weighted by Crippen LogP contribution is -2.47. The van der Waals surface area contributed by atoms with Crippen molar-refractivity contribution in [2.45, 2.75) is 25.0 Å². The van der Waals surface area contributed by atoms with Gasteiger partial charge in [-0.3, -0.25) is 4.79 Å². The van der Waals surface area contributed by atoms with E-state index in [1.165, 1.54) is 6.07 Å². The number of nitrogens with zero attached hydrogens (tertiary/aromatic N) is 2. The molecule has 2 heterocycles. The van der Waals surface area contributed by atoms with Gasteiger partial charge in [0.15, 0.2) is 0 Å². The minimum absolute atomic E-state index is 0.0700. The zero-order valence-corrected chi connectivity index (χ0v) is 16.1. The van der Waals surface area contributed by atoms with Gasteiger partial charge in [-0.15, -0.1) is 0 Å². The van der Waals surface area contributed by atoms with E-state index in [-0.39, 0.29) is 18.3 Å². The average Bonchev–Trinajstić information content (AvgIpc) is 3.02. The fraction of sp³-hybridized carbons (Fsp3) is 0.650. The first-order valence-electron chi connectivity index (χ1n) is 9.49. The van der Waals surface area contributed by atoms with Crippen molar-refractivity contribution in [2.24, 2.45) is 5.92 Å². The number of likely N-dealkylation sites (N-methyl/N-ethyl adjacent to an activating group) is 1. The molecule has 1 unspecified atom stereocenters. The van der Waals surface area contributed by atoms with Crippen molar-refractivity contribution < 1.29 is 23.8 Å². The van der Waals surface area contributed by atoms with E-state index in [0.717, 1.165) is 37.1 Å². The number of carbonyl (C=O) groups is 1. The normalized spacial score (nSPS) is 19.9. The van der Waals surface area contributed by atoms with Crippen molar-refractivity contribution in [1.82, 2.24) is 9.80 Å². The Kier molecular flexibility index (Phi) is 6.47. The van der Waals surface area contributed by atoms with Gasteiger partial charge in [0, 0.05) is 40.3 Å². The highest BCUT2D eigenvalue weighted by atomic mass is 19.1. The van der Waals surface area contributed by atoms with Crippen LogP contribution in [0, 0.1) is 11.7 Å². The number of amides is 1. The lowest BCUT2D eigenvalue weighted by atomic mass is 9.83. The van der Waals surface area contributed by atoms with Crippen LogP contribution in [0.15, 0.2) is 18.2 Å². The Hall–Kier alpha value is -1.54. The Morgan fingerprint density at radius 2 is 2.19 bits per heavy atom. The van der Waals surface area contributed by atoms with Crippen molar-refractivity contribution in [2.75, 3.05) is 53.6 Å². The van der Waals surface area contributed by atoms with Gasteiger partial charge in [0.25, 0.3) is 0 Å². The predicted molar refractivity (Wildman–Crippen MR) is 98.6 cm³/mol. The summed E-state index contributed by atoms with van der Waals surface area (Å²) in [5, 5.41) is 9.70. The summed E-state index contributed by atoms with van der Waals surface area (Å²) in [6, 6.07) is 4.89. The van der Waals surface area contributed by atoms with Crippen LogP contribution in [0.4, 0.5) is 4.39 Å². The molecule has 150 valence electrons. The Bertz CT molecular complexity index is 661. The van der Waals surface area contributed by atoms with Crippen molar-refractivity contribution >= 4 is 5.91 Å². The van der Waals surface area contributed by atoms with E-state index in [1.54, 1.807) is 25.1 Å². The van der Waals surface area contributed by atoms with E-state index in [0.29, 0.717) is 26.3 Å². The number of aliphatic hydroxyl groups is 1. The van der Waals surface area contributed by atoms with Crippen LogP contribution in [-0.2, 0) is 26.5 Å². The van der Waals surface area contributed by atoms with Gasteiger partial charge in [-0.25, -0.2) is 4.39 Å². The number of piperidine rings is 1. The first kappa shape index (κ1) is 20.2. The molecule has 2 aliphatic heterocycles. The van der Waals surface area contributed by atoms with Gasteiger partial charge in [0.05, 0.1) is 31.3 Å². The van der Waals surface area contributed by atoms with Crippen LogP contribution in [-0.4, -0.2) is 74.4 Å². The highest BCUT2D eigenvalue weighted by Gasteiger charge is 2.43. The molecule has 7 heteroatoms. The van der Waals surface area contributed by atoms with E-state index in [2.05, 4.69) is 4.90 Å². The second kappa shape index (κ2) is 8.65. The number of halogens is 1. The molecule has 0 saturated carbocycles. The quantitative estimate of drug-likeness (QED) is 0.774. The second-order valence-electron chi connectivity index (χ2n) is 7.52. The van der Waals surface area contributed by atoms with Crippen LogP contribution in [0.1, 0.15) is 24.0 Å². The zero-order chi connectivity index (χ0) is 19.4. The number of likely N-dealkylation sites (tertiary alicyclic amines) is 1. The van der Waals surface area contributed by atoms with E-state index in [1.807, 2.05) is 6.07 Å². The first-order chi connectivity index (χ1) is 13.0. The highest BCUT2D eigenvalue weighted by molar-refractivity contribution is 5.79. The number of hydrogen-bond acceptors (Lipinski definition) is 5. The van der Waals surface area contributed by atoms with E-state index in [4.69, 9.17) is 9.47 Å². The third kappa shape index (κ3) is 4.32. The Morgan fingerprint density at radius 1 is 1.44 bits per heavy atom. The highest BCUT2D eigenvalue weighted by Crippen LogP contribution is 2.44. The fourth-order valence-corrected chi connectivity index (χ4v) is 4.08. The van der Waals surface area contributed by atoms with E-state index >= 15 is 0 Å². The van der Waals surface area contributed by atoms with Gasteiger partial charge in [0.2, 0.25) is 5.91 Å². The summed E-state index contributed by atoms with van der Waals surface area (Å²) < 4.78 is 24.8. The molecule has 0 bridgehead atoms. The molecular weight excluding hydrogens is 351 g/mol. The maximum absolute atomic E-state index is 13.7. The van der Waals surface area contributed by atoms with Crippen LogP contribution in [0.25, 0.3) is 0 Å². The number of benzene rings is 1. The van der Waals surface area contributed by atoms with Gasteiger partial charge in [-0.2, -0.15) is 0 Å². The topological polar surface area (TPSA) is 62.2 Å². The number of ether oxygens (including phenoxy) is 2. The molecule has 0 radical (unpaired) electrons. The molecule has 1 N–H and O–H groups in total. The minimum atomic E-state index is -0.449. The molecule has 1 aromatic rings. The summed E-state index contributed by atoms with van der Waals surface area (Å²) in [5.41, 5.74) is 1.62. The minimum Gasteiger partial charge on any atom is -0.395 e. The summed E-state index contributed by atoms with van der Waals surface area (Å²) in [7, 11) is 3.33. The molecule has 0 aromatic heterocycles. The SMILES string of the molecule is COCCN(C)C(=O)C(CO)CN1CCC2(CC1)OCc1ccc(F)cc12. The largest absolute Gasteiger partial charge is 0.395 e. The van der Waals surface area contributed by atoms with Gasteiger partial charge in [0.1, 0.15) is 5.82 Å². The molecule has 0 aliphatic carbocycles. The summed E-state index contributed by atoms with van der Waals surface area (Å²) in [5.74, 6) is -0.749. The molecule has 1 saturated heterocycles. The molecule has 3 rings (SSSR count). The molecule has 1 fully saturated rings. The third-order valence-electron chi connectivity index (χ3n) is 5.79. The summed E-state index contributed by atoms with van der Waals surface area (Å²) in [6.07, 6.45) is 1.52. The molecule has 6 nitrogen and oxygen atoms in total. The molecule has 2 aliphatic rings. The number of methoxy groups -OCH3 is 1. The smallest absolute Gasteiger partial charge is 0.229 e. The maximum atomic E-state index is 13.7. The van der Waals surface area contributed by atoms with Crippen molar-refractivity contribution in [3.8, 4) is 0 Å². The molecule has 1 amide bonds. The summed E-state index contributed by atoms with van der Waals surface area (Å²) in [6.45, 7) is 3.34. The molecule has 1 spiro atoms. The standard InChI is InChI=1S/C20H29FN2O4/c1-22(9-10-26-2)19(25)16(13-24)12-23-7-5-20(6-8-23)18-11-17(21)4-3-15(18)14-27-20/h3-4,11,16,24H,5-10,12-14H2,1-2H3. The molecule has 1 atom stereocenters.